The van der Waals surface area contributed by atoms with Crippen molar-refractivity contribution in [2.45, 2.75) is 20.0 Å². The second-order valence-electron chi connectivity index (χ2n) is 4.97. The van der Waals surface area contributed by atoms with Crippen LogP contribution in [0.4, 0.5) is 4.39 Å². The van der Waals surface area contributed by atoms with Gasteiger partial charge in [0.2, 0.25) is 0 Å². The minimum Gasteiger partial charge on any atom is -0.493 e. The monoisotopic (exact) mass is 290 g/mol. The van der Waals surface area contributed by atoms with Crippen LogP contribution in [-0.4, -0.2) is 19.3 Å². The number of aryl methyl sites for hydroxylation is 2. The van der Waals surface area contributed by atoms with Crippen LogP contribution in [-0.2, 0) is 0 Å². The van der Waals surface area contributed by atoms with Crippen molar-refractivity contribution in [1.82, 2.24) is 0 Å². The smallest absolute Gasteiger partial charge is 0.163 e. The van der Waals surface area contributed by atoms with Crippen molar-refractivity contribution in [2.24, 2.45) is 0 Å². The summed E-state index contributed by atoms with van der Waals surface area (Å²) >= 11 is 0. The van der Waals surface area contributed by atoms with Gasteiger partial charge in [0.1, 0.15) is 11.9 Å². The molecule has 1 atom stereocenters. The van der Waals surface area contributed by atoms with Crippen LogP contribution in [0.2, 0.25) is 0 Å². The number of benzene rings is 2. The van der Waals surface area contributed by atoms with Gasteiger partial charge in [-0.05, 0) is 36.6 Å². The van der Waals surface area contributed by atoms with E-state index in [1.807, 2.05) is 26.0 Å². The summed E-state index contributed by atoms with van der Waals surface area (Å²) in [7, 11) is 2.92. The van der Waals surface area contributed by atoms with E-state index in [0.717, 1.165) is 11.1 Å². The van der Waals surface area contributed by atoms with Crippen LogP contribution in [0.5, 0.6) is 11.5 Å². The Hall–Kier alpha value is -2.07. The average molecular weight is 290 g/mol. The Bertz CT molecular complexity index is 653. The minimum absolute atomic E-state index is 0.163. The van der Waals surface area contributed by atoms with Gasteiger partial charge in [0.05, 0.1) is 14.2 Å². The molecule has 0 amide bonds. The van der Waals surface area contributed by atoms with Crippen molar-refractivity contribution >= 4 is 0 Å². The van der Waals surface area contributed by atoms with E-state index in [4.69, 9.17) is 9.47 Å². The standard InChI is InChI=1S/C17H19FO3/c1-10-5-6-12(7-11(10)2)17(19)13-8-15(20-3)16(21-4)9-14(13)18/h5-9,17,19H,1-4H3. The lowest BCUT2D eigenvalue weighted by Crippen LogP contribution is -2.05. The second kappa shape index (κ2) is 6.14. The molecular formula is C17H19FO3. The van der Waals surface area contributed by atoms with Gasteiger partial charge in [-0.15, -0.1) is 0 Å². The van der Waals surface area contributed by atoms with Crippen molar-refractivity contribution in [3.05, 3.63) is 58.4 Å². The topological polar surface area (TPSA) is 38.7 Å². The van der Waals surface area contributed by atoms with Crippen LogP contribution in [0.3, 0.4) is 0 Å². The molecule has 1 unspecified atom stereocenters. The Kier molecular flexibility index (Phi) is 4.48. The van der Waals surface area contributed by atoms with Crippen molar-refractivity contribution in [1.29, 1.82) is 0 Å². The van der Waals surface area contributed by atoms with E-state index in [1.54, 1.807) is 6.07 Å². The molecule has 0 aliphatic carbocycles. The van der Waals surface area contributed by atoms with Gasteiger partial charge in [0.15, 0.2) is 11.5 Å². The zero-order valence-electron chi connectivity index (χ0n) is 12.6. The molecule has 0 spiro atoms. The first-order valence-electron chi connectivity index (χ1n) is 6.64. The van der Waals surface area contributed by atoms with Gasteiger partial charge in [-0.2, -0.15) is 0 Å². The summed E-state index contributed by atoms with van der Waals surface area (Å²) in [6.45, 7) is 3.94. The number of halogens is 1. The molecule has 4 heteroatoms. The van der Waals surface area contributed by atoms with E-state index in [-0.39, 0.29) is 5.56 Å². The number of ether oxygens (including phenoxy) is 2. The molecular weight excluding hydrogens is 271 g/mol. The summed E-state index contributed by atoms with van der Waals surface area (Å²) in [6, 6.07) is 8.25. The van der Waals surface area contributed by atoms with Gasteiger partial charge in [0, 0.05) is 11.6 Å². The third-order valence-corrected chi connectivity index (χ3v) is 3.64. The van der Waals surface area contributed by atoms with Gasteiger partial charge >= 0.3 is 0 Å². The van der Waals surface area contributed by atoms with Crippen LogP contribution in [0.1, 0.15) is 28.4 Å². The van der Waals surface area contributed by atoms with Gasteiger partial charge in [-0.25, -0.2) is 4.39 Å². The highest BCUT2D eigenvalue weighted by Gasteiger charge is 2.19. The van der Waals surface area contributed by atoms with Crippen molar-refractivity contribution < 1.29 is 19.0 Å². The number of hydrogen-bond acceptors (Lipinski definition) is 3. The van der Waals surface area contributed by atoms with Crippen LogP contribution >= 0.6 is 0 Å². The lowest BCUT2D eigenvalue weighted by Gasteiger charge is -2.16. The molecule has 2 rings (SSSR count). The highest BCUT2D eigenvalue weighted by atomic mass is 19.1. The highest BCUT2D eigenvalue weighted by molar-refractivity contribution is 5.46. The first-order valence-corrected chi connectivity index (χ1v) is 6.64. The van der Waals surface area contributed by atoms with E-state index in [9.17, 15) is 9.50 Å². The van der Waals surface area contributed by atoms with E-state index in [1.165, 1.54) is 26.4 Å². The highest BCUT2D eigenvalue weighted by Crippen LogP contribution is 2.34. The Balaban J connectivity index is 2.47. The molecule has 0 aliphatic heterocycles. The van der Waals surface area contributed by atoms with Crippen LogP contribution < -0.4 is 9.47 Å². The Labute approximate surface area is 124 Å². The van der Waals surface area contributed by atoms with Gasteiger partial charge < -0.3 is 14.6 Å². The quantitative estimate of drug-likeness (QED) is 0.936. The van der Waals surface area contributed by atoms with Crippen molar-refractivity contribution in [3.8, 4) is 11.5 Å². The zero-order chi connectivity index (χ0) is 15.6. The lowest BCUT2D eigenvalue weighted by atomic mass is 9.97. The molecule has 0 saturated heterocycles. The molecule has 0 fully saturated rings. The molecule has 0 bridgehead atoms. The summed E-state index contributed by atoms with van der Waals surface area (Å²) < 4.78 is 24.4. The molecule has 0 radical (unpaired) electrons. The molecule has 2 aromatic rings. The number of rotatable bonds is 4. The van der Waals surface area contributed by atoms with Crippen LogP contribution in [0.15, 0.2) is 30.3 Å². The van der Waals surface area contributed by atoms with Crippen LogP contribution in [0, 0.1) is 19.7 Å². The van der Waals surface area contributed by atoms with Gasteiger partial charge in [-0.1, -0.05) is 18.2 Å². The fourth-order valence-electron chi connectivity index (χ4n) is 2.19. The first-order chi connectivity index (χ1) is 9.97. The zero-order valence-corrected chi connectivity index (χ0v) is 12.6. The number of aliphatic hydroxyl groups is 1. The summed E-state index contributed by atoms with van der Waals surface area (Å²) in [6.07, 6.45) is -1.05. The maximum Gasteiger partial charge on any atom is 0.163 e. The predicted octanol–water partition coefficient (Wildman–Crippen LogP) is 3.54. The minimum atomic E-state index is -1.05. The lowest BCUT2D eigenvalue weighted by molar-refractivity contribution is 0.213. The Morgan fingerprint density at radius 1 is 0.952 bits per heavy atom. The molecule has 1 N–H and O–H groups in total. The number of aliphatic hydroxyl groups excluding tert-OH is 1. The average Bonchev–Trinajstić information content (AvgIpc) is 2.49. The third kappa shape index (κ3) is 3.00. The van der Waals surface area contributed by atoms with E-state index >= 15 is 0 Å². The maximum atomic E-state index is 14.2. The Morgan fingerprint density at radius 2 is 1.57 bits per heavy atom. The van der Waals surface area contributed by atoms with Crippen molar-refractivity contribution in [3.63, 3.8) is 0 Å². The SMILES string of the molecule is COc1cc(F)c(C(O)c2ccc(C)c(C)c2)cc1OC. The molecule has 0 saturated carbocycles. The first kappa shape index (κ1) is 15.3. The second-order valence-corrected chi connectivity index (χ2v) is 4.97. The molecule has 112 valence electrons. The number of methoxy groups -OCH3 is 2. The Morgan fingerprint density at radius 3 is 2.14 bits per heavy atom. The summed E-state index contributed by atoms with van der Waals surface area (Å²) in [5, 5.41) is 10.4. The molecule has 0 aliphatic rings. The fourth-order valence-corrected chi connectivity index (χ4v) is 2.19. The molecule has 21 heavy (non-hydrogen) atoms. The predicted molar refractivity (Wildman–Crippen MR) is 79.5 cm³/mol. The number of hydrogen-bond donors (Lipinski definition) is 1. The van der Waals surface area contributed by atoms with Gasteiger partial charge in [0.25, 0.3) is 0 Å². The van der Waals surface area contributed by atoms with Gasteiger partial charge in [-0.3, -0.25) is 0 Å². The van der Waals surface area contributed by atoms with Crippen molar-refractivity contribution in [2.75, 3.05) is 14.2 Å². The molecule has 2 aromatic carbocycles. The largest absolute Gasteiger partial charge is 0.493 e. The van der Waals surface area contributed by atoms with E-state index < -0.39 is 11.9 Å². The molecule has 0 aromatic heterocycles. The fraction of sp³-hybridized carbons (Fsp3) is 0.294. The molecule has 0 heterocycles. The summed E-state index contributed by atoms with van der Waals surface area (Å²) in [5.41, 5.74) is 2.98. The van der Waals surface area contributed by atoms with Crippen LogP contribution in [0.25, 0.3) is 0 Å². The maximum absolute atomic E-state index is 14.2. The molecule has 3 nitrogen and oxygen atoms in total. The van der Waals surface area contributed by atoms with E-state index in [2.05, 4.69) is 0 Å². The summed E-state index contributed by atoms with van der Waals surface area (Å²) in [5.74, 6) is 0.154. The van der Waals surface area contributed by atoms with E-state index in [0.29, 0.717) is 17.1 Å². The normalized spacial score (nSPS) is 12.1. The third-order valence-electron chi connectivity index (χ3n) is 3.64. The summed E-state index contributed by atoms with van der Waals surface area (Å²) in [4.78, 5) is 0.